The van der Waals surface area contributed by atoms with Crippen LogP contribution in [-0.4, -0.2) is 15.3 Å². The quantitative estimate of drug-likeness (QED) is 0.663. The van der Waals surface area contributed by atoms with E-state index in [4.69, 9.17) is 0 Å². The van der Waals surface area contributed by atoms with Gasteiger partial charge in [0.15, 0.2) is 0 Å². The highest BCUT2D eigenvalue weighted by molar-refractivity contribution is 5.65. The molecule has 0 atom stereocenters. The third-order valence-corrected chi connectivity index (χ3v) is 1.64. The molecule has 0 fully saturated rings. The number of hydrogen-bond donors (Lipinski definition) is 2. The first-order valence-electron chi connectivity index (χ1n) is 3.58. The Morgan fingerprint density at radius 1 is 1.33 bits per heavy atom. The predicted molar refractivity (Wildman–Crippen MR) is 44.5 cm³/mol. The molecule has 0 unspecified atom stereocenters. The van der Waals surface area contributed by atoms with Crippen LogP contribution in [0.15, 0.2) is 30.3 Å². The van der Waals surface area contributed by atoms with E-state index in [2.05, 4.69) is 16.4 Å². The van der Waals surface area contributed by atoms with Crippen molar-refractivity contribution in [1.29, 1.82) is 0 Å². The molecule has 0 aliphatic carbocycles. The summed E-state index contributed by atoms with van der Waals surface area (Å²) in [6, 6.07) is 8.77. The van der Waals surface area contributed by atoms with Crippen molar-refractivity contribution < 1.29 is 5.11 Å². The van der Waals surface area contributed by atoms with Crippen molar-refractivity contribution in [1.82, 2.24) is 10.2 Å². The fraction of sp³-hybridized carbons (Fsp3) is 0. The zero-order chi connectivity index (χ0) is 8.39. The van der Waals surface area contributed by atoms with Crippen LogP contribution in [0.25, 0.3) is 11.3 Å². The summed E-state index contributed by atoms with van der Waals surface area (Å²) in [5, 5.41) is 15.8. The fourth-order valence-corrected chi connectivity index (χ4v) is 1.06. The SMILES string of the molecule is Oc1ccccc1-c1c[c]n[nH]1. The molecule has 0 bridgehead atoms. The maximum atomic E-state index is 9.42. The number of rotatable bonds is 1. The van der Waals surface area contributed by atoms with Crippen LogP contribution in [0, 0.1) is 6.20 Å². The Hall–Kier alpha value is -1.77. The minimum absolute atomic E-state index is 0.246. The topological polar surface area (TPSA) is 48.9 Å². The number of aromatic hydroxyl groups is 1. The lowest BCUT2D eigenvalue weighted by Gasteiger charge is -1.98. The molecule has 3 heteroatoms. The lowest BCUT2D eigenvalue weighted by molar-refractivity contribution is 0.477. The van der Waals surface area contributed by atoms with E-state index < -0.39 is 0 Å². The smallest absolute Gasteiger partial charge is 0.124 e. The van der Waals surface area contributed by atoms with Gasteiger partial charge in [-0.1, -0.05) is 12.1 Å². The lowest BCUT2D eigenvalue weighted by Crippen LogP contribution is -1.77. The summed E-state index contributed by atoms with van der Waals surface area (Å²) in [5.41, 5.74) is 1.51. The summed E-state index contributed by atoms with van der Waals surface area (Å²) >= 11 is 0. The molecule has 1 radical (unpaired) electrons. The summed E-state index contributed by atoms with van der Waals surface area (Å²) in [4.78, 5) is 0. The molecule has 1 aromatic heterocycles. The first-order valence-corrected chi connectivity index (χ1v) is 3.58. The van der Waals surface area contributed by atoms with Crippen LogP contribution < -0.4 is 0 Å². The van der Waals surface area contributed by atoms with Crippen LogP contribution in [0.3, 0.4) is 0 Å². The highest BCUT2D eigenvalue weighted by atomic mass is 16.3. The number of hydrogen-bond acceptors (Lipinski definition) is 2. The van der Waals surface area contributed by atoms with Crippen LogP contribution in [-0.2, 0) is 0 Å². The van der Waals surface area contributed by atoms with Gasteiger partial charge in [-0.05, 0) is 18.2 Å². The summed E-state index contributed by atoms with van der Waals surface area (Å²) in [5.74, 6) is 0.246. The number of benzene rings is 1. The van der Waals surface area contributed by atoms with Gasteiger partial charge in [0, 0.05) is 5.56 Å². The number of H-pyrrole nitrogens is 1. The number of para-hydroxylation sites is 1. The third-order valence-electron chi connectivity index (χ3n) is 1.64. The number of nitrogens with one attached hydrogen (secondary N) is 1. The highest BCUT2D eigenvalue weighted by Gasteiger charge is 2.02. The van der Waals surface area contributed by atoms with Gasteiger partial charge in [-0.3, -0.25) is 5.10 Å². The molecular formula is C9H7N2O. The minimum Gasteiger partial charge on any atom is -0.507 e. The van der Waals surface area contributed by atoms with Gasteiger partial charge >= 0.3 is 0 Å². The standard InChI is InChI=1S/C9H7N2O/c12-9-4-2-1-3-7(9)8-5-6-10-11-8/h1-5,12H,(H,10,11). The molecule has 0 amide bonds. The summed E-state index contributed by atoms with van der Waals surface area (Å²) in [7, 11) is 0. The van der Waals surface area contributed by atoms with Crippen molar-refractivity contribution in [3.63, 3.8) is 0 Å². The third kappa shape index (κ3) is 1.05. The summed E-state index contributed by atoms with van der Waals surface area (Å²) in [6.07, 6.45) is 2.64. The van der Waals surface area contributed by atoms with E-state index >= 15 is 0 Å². The first kappa shape index (κ1) is 6.91. The molecule has 2 N–H and O–H groups in total. The van der Waals surface area contributed by atoms with Gasteiger partial charge in [0.1, 0.15) is 11.9 Å². The second-order valence-electron chi connectivity index (χ2n) is 2.43. The Morgan fingerprint density at radius 2 is 2.17 bits per heavy atom. The fourth-order valence-electron chi connectivity index (χ4n) is 1.06. The van der Waals surface area contributed by atoms with Gasteiger partial charge in [0.05, 0.1) is 5.69 Å². The molecule has 12 heavy (non-hydrogen) atoms. The monoisotopic (exact) mass is 159 g/mol. The highest BCUT2D eigenvalue weighted by Crippen LogP contribution is 2.25. The van der Waals surface area contributed by atoms with E-state index in [9.17, 15) is 5.11 Å². The molecule has 1 aromatic carbocycles. The maximum Gasteiger partial charge on any atom is 0.124 e. The van der Waals surface area contributed by atoms with Crippen LogP contribution in [0.5, 0.6) is 5.75 Å². The zero-order valence-electron chi connectivity index (χ0n) is 6.28. The Kier molecular flexibility index (Phi) is 1.55. The van der Waals surface area contributed by atoms with Crippen molar-refractivity contribution in [2.75, 3.05) is 0 Å². The summed E-state index contributed by atoms with van der Waals surface area (Å²) in [6.45, 7) is 0. The molecule has 0 saturated heterocycles. The first-order chi connectivity index (χ1) is 5.88. The van der Waals surface area contributed by atoms with Crippen LogP contribution >= 0.6 is 0 Å². The van der Waals surface area contributed by atoms with E-state index in [-0.39, 0.29) is 5.75 Å². The van der Waals surface area contributed by atoms with Crippen molar-refractivity contribution in [2.45, 2.75) is 0 Å². The molecule has 59 valence electrons. The number of aromatic amines is 1. The van der Waals surface area contributed by atoms with Crippen LogP contribution in [0.2, 0.25) is 0 Å². The molecule has 3 nitrogen and oxygen atoms in total. The van der Waals surface area contributed by atoms with Gasteiger partial charge in [-0.25, -0.2) is 0 Å². The van der Waals surface area contributed by atoms with Gasteiger partial charge < -0.3 is 5.11 Å². The second-order valence-corrected chi connectivity index (χ2v) is 2.43. The molecule has 0 aliphatic heterocycles. The Labute approximate surface area is 69.7 Å². The largest absolute Gasteiger partial charge is 0.507 e. The lowest BCUT2D eigenvalue weighted by atomic mass is 10.1. The molecule has 2 rings (SSSR count). The molecule has 0 spiro atoms. The normalized spacial score (nSPS) is 10.0. The summed E-state index contributed by atoms with van der Waals surface area (Å²) < 4.78 is 0. The second kappa shape index (κ2) is 2.70. The van der Waals surface area contributed by atoms with Gasteiger partial charge in [0.2, 0.25) is 0 Å². The molecule has 1 heterocycles. The molecule has 0 saturated carbocycles. The van der Waals surface area contributed by atoms with E-state index in [1.807, 2.05) is 12.1 Å². The Morgan fingerprint density at radius 3 is 2.83 bits per heavy atom. The Bertz CT molecular complexity index is 368. The van der Waals surface area contributed by atoms with E-state index in [1.54, 1.807) is 18.2 Å². The van der Waals surface area contributed by atoms with Gasteiger partial charge in [-0.15, -0.1) is 0 Å². The predicted octanol–water partition coefficient (Wildman–Crippen LogP) is 1.58. The van der Waals surface area contributed by atoms with E-state index in [0.717, 1.165) is 11.3 Å². The minimum atomic E-state index is 0.246. The number of aromatic nitrogens is 2. The maximum absolute atomic E-state index is 9.42. The molecule has 2 aromatic rings. The number of nitrogens with zero attached hydrogens (tertiary/aromatic N) is 1. The number of phenols is 1. The number of phenolic OH excluding ortho intramolecular Hbond substituents is 1. The van der Waals surface area contributed by atoms with Crippen molar-refractivity contribution in [3.05, 3.63) is 36.5 Å². The van der Waals surface area contributed by atoms with E-state index in [1.165, 1.54) is 0 Å². The van der Waals surface area contributed by atoms with Gasteiger partial charge in [-0.2, -0.15) is 5.10 Å². The van der Waals surface area contributed by atoms with Crippen LogP contribution in [0.1, 0.15) is 0 Å². The Balaban J connectivity index is 2.55. The average molecular weight is 159 g/mol. The van der Waals surface area contributed by atoms with Gasteiger partial charge in [0.25, 0.3) is 0 Å². The molecular weight excluding hydrogens is 152 g/mol. The van der Waals surface area contributed by atoms with Crippen molar-refractivity contribution in [3.8, 4) is 17.0 Å². The van der Waals surface area contributed by atoms with Crippen molar-refractivity contribution >= 4 is 0 Å². The van der Waals surface area contributed by atoms with E-state index in [0.29, 0.717) is 0 Å². The molecule has 0 aliphatic rings. The average Bonchev–Trinajstić information content (AvgIpc) is 2.57. The zero-order valence-corrected chi connectivity index (χ0v) is 6.28. The van der Waals surface area contributed by atoms with Crippen molar-refractivity contribution in [2.24, 2.45) is 0 Å². The van der Waals surface area contributed by atoms with Crippen LogP contribution in [0.4, 0.5) is 0 Å².